The topological polar surface area (TPSA) is 85.2 Å². The summed E-state index contributed by atoms with van der Waals surface area (Å²) in [6.07, 6.45) is 4.94. The first-order valence-electron chi connectivity index (χ1n) is 8.91. The number of ether oxygens (including phenoxy) is 1. The third kappa shape index (κ3) is 3.77. The number of carbonyl (C=O) groups is 2. The quantitative estimate of drug-likeness (QED) is 0.766. The van der Waals surface area contributed by atoms with E-state index in [0.717, 1.165) is 18.7 Å². The summed E-state index contributed by atoms with van der Waals surface area (Å²) in [5.74, 6) is -0.368. The van der Waals surface area contributed by atoms with Crippen molar-refractivity contribution in [1.29, 1.82) is 0 Å². The molecule has 0 aliphatic carbocycles. The second-order valence-corrected chi connectivity index (χ2v) is 6.33. The van der Waals surface area contributed by atoms with Gasteiger partial charge in [-0.05, 0) is 56.6 Å². The molecule has 7 nitrogen and oxygen atoms in total. The lowest BCUT2D eigenvalue weighted by Gasteiger charge is -2.36. The smallest absolute Gasteiger partial charge is 0.338 e. The van der Waals surface area contributed by atoms with Crippen molar-refractivity contribution in [1.82, 2.24) is 20.4 Å². The number of carbonyl (C=O) groups excluding carboxylic acids is 2. The molecular weight excluding hydrogens is 332 g/mol. The van der Waals surface area contributed by atoms with Gasteiger partial charge in [0.15, 0.2) is 0 Å². The van der Waals surface area contributed by atoms with Crippen molar-refractivity contribution in [3.8, 4) is 0 Å². The predicted octanol–water partition coefficient (Wildman–Crippen LogP) is 1.45. The van der Waals surface area contributed by atoms with Crippen molar-refractivity contribution in [3.05, 3.63) is 53.9 Å². The van der Waals surface area contributed by atoms with E-state index in [1.54, 1.807) is 29.9 Å². The van der Waals surface area contributed by atoms with Crippen LogP contribution in [0.5, 0.6) is 0 Å². The van der Waals surface area contributed by atoms with Crippen LogP contribution in [0.15, 0.2) is 42.7 Å². The Kier molecular flexibility index (Phi) is 5.68. The van der Waals surface area contributed by atoms with Gasteiger partial charge in [0, 0.05) is 18.9 Å². The summed E-state index contributed by atoms with van der Waals surface area (Å²) < 4.78 is 6.75. The number of esters is 1. The van der Waals surface area contributed by atoms with Gasteiger partial charge in [-0.2, -0.15) is 5.10 Å². The Balaban J connectivity index is 1.66. The highest BCUT2D eigenvalue weighted by atomic mass is 16.5. The molecule has 7 heteroatoms. The molecule has 138 valence electrons. The molecule has 0 atom stereocenters. The summed E-state index contributed by atoms with van der Waals surface area (Å²) in [4.78, 5) is 24.7. The fourth-order valence-electron chi connectivity index (χ4n) is 3.24. The zero-order chi connectivity index (χ0) is 18.4. The van der Waals surface area contributed by atoms with Crippen molar-refractivity contribution < 1.29 is 14.3 Å². The Labute approximate surface area is 152 Å². The number of nitrogens with one attached hydrogen (secondary N) is 2. The molecule has 0 radical (unpaired) electrons. The van der Waals surface area contributed by atoms with Crippen LogP contribution in [-0.2, 0) is 21.6 Å². The van der Waals surface area contributed by atoms with Crippen LogP contribution < -0.4 is 10.6 Å². The first-order chi connectivity index (χ1) is 12.7. The first kappa shape index (κ1) is 18.1. The molecule has 0 spiro atoms. The number of hydrogen-bond acceptors (Lipinski definition) is 5. The minimum atomic E-state index is -0.653. The zero-order valence-corrected chi connectivity index (χ0v) is 14.9. The van der Waals surface area contributed by atoms with E-state index >= 15 is 0 Å². The summed E-state index contributed by atoms with van der Waals surface area (Å²) in [5, 5.41) is 10.6. The van der Waals surface area contributed by atoms with E-state index in [2.05, 4.69) is 15.7 Å². The molecule has 1 fully saturated rings. The number of piperidine rings is 1. The highest BCUT2D eigenvalue weighted by molar-refractivity contribution is 5.89. The molecule has 0 unspecified atom stereocenters. The second kappa shape index (κ2) is 8.14. The van der Waals surface area contributed by atoms with Crippen molar-refractivity contribution in [2.45, 2.75) is 31.8 Å². The Morgan fingerprint density at radius 3 is 2.62 bits per heavy atom. The lowest BCUT2D eigenvalue weighted by Crippen LogP contribution is -2.54. The highest BCUT2D eigenvalue weighted by Gasteiger charge is 2.41. The van der Waals surface area contributed by atoms with Crippen molar-refractivity contribution in [2.24, 2.45) is 0 Å². The molecule has 1 aromatic heterocycles. The van der Waals surface area contributed by atoms with Gasteiger partial charge in [0.2, 0.25) is 5.91 Å². The lowest BCUT2D eigenvalue weighted by atomic mass is 9.87. The van der Waals surface area contributed by atoms with Gasteiger partial charge in [-0.15, -0.1) is 0 Å². The second-order valence-electron chi connectivity index (χ2n) is 6.33. The third-order valence-electron chi connectivity index (χ3n) is 4.71. The van der Waals surface area contributed by atoms with E-state index in [9.17, 15) is 9.59 Å². The van der Waals surface area contributed by atoms with E-state index in [1.807, 2.05) is 24.4 Å². The van der Waals surface area contributed by atoms with Gasteiger partial charge in [0.25, 0.3) is 0 Å². The normalized spacial score (nSPS) is 16.0. The Hall–Kier alpha value is -2.67. The average molecular weight is 356 g/mol. The van der Waals surface area contributed by atoms with Crippen molar-refractivity contribution in [2.75, 3.05) is 19.7 Å². The number of aromatic nitrogens is 2. The molecular formula is C19H24N4O3. The first-order valence-corrected chi connectivity index (χ1v) is 8.91. The fourth-order valence-corrected chi connectivity index (χ4v) is 3.24. The lowest BCUT2D eigenvalue weighted by molar-refractivity contribution is -0.132. The molecule has 1 saturated heterocycles. The molecule has 1 amide bonds. The number of amides is 1. The summed E-state index contributed by atoms with van der Waals surface area (Å²) in [7, 11) is 0. The largest absolute Gasteiger partial charge is 0.462 e. The third-order valence-corrected chi connectivity index (χ3v) is 4.71. The number of benzene rings is 1. The molecule has 3 rings (SSSR count). The van der Waals surface area contributed by atoms with Gasteiger partial charge in [-0.3, -0.25) is 9.48 Å². The maximum absolute atomic E-state index is 13.0. The minimum absolute atomic E-state index is 0.0304. The van der Waals surface area contributed by atoms with Crippen LogP contribution >= 0.6 is 0 Å². The van der Waals surface area contributed by atoms with Crippen LogP contribution in [-0.4, -0.2) is 41.4 Å². The Bertz CT molecular complexity index is 735. The van der Waals surface area contributed by atoms with Crippen LogP contribution in [0, 0.1) is 0 Å². The van der Waals surface area contributed by atoms with Gasteiger partial charge in [0.1, 0.15) is 5.54 Å². The van der Waals surface area contributed by atoms with E-state index < -0.39 is 5.54 Å². The summed E-state index contributed by atoms with van der Waals surface area (Å²) in [5.41, 5.74) is 0.781. The zero-order valence-electron chi connectivity index (χ0n) is 14.9. The van der Waals surface area contributed by atoms with Crippen LogP contribution in [0.4, 0.5) is 0 Å². The summed E-state index contributed by atoms with van der Waals surface area (Å²) >= 11 is 0. The standard InChI is InChI=1S/C19H24N4O3/c1-2-26-17(24)16-6-4-15(5-7-16)14-21-18(25)19(8-11-20-12-9-19)23-13-3-10-22-23/h3-7,10,13,20H,2,8-9,11-12,14H2,1H3,(H,21,25). The van der Waals surface area contributed by atoms with E-state index in [-0.39, 0.29) is 11.9 Å². The number of hydrogen-bond donors (Lipinski definition) is 2. The number of nitrogens with zero attached hydrogens (tertiary/aromatic N) is 2. The molecule has 2 aromatic rings. The predicted molar refractivity (Wildman–Crippen MR) is 96.5 cm³/mol. The highest BCUT2D eigenvalue weighted by Crippen LogP contribution is 2.27. The fraction of sp³-hybridized carbons (Fsp3) is 0.421. The van der Waals surface area contributed by atoms with Crippen LogP contribution in [0.2, 0.25) is 0 Å². The SMILES string of the molecule is CCOC(=O)c1ccc(CNC(=O)C2(n3cccn3)CCNCC2)cc1. The average Bonchev–Trinajstić information content (AvgIpc) is 3.22. The van der Waals surface area contributed by atoms with E-state index in [0.29, 0.717) is 31.6 Å². The molecule has 1 aliphatic heterocycles. The van der Waals surface area contributed by atoms with Gasteiger partial charge < -0.3 is 15.4 Å². The Morgan fingerprint density at radius 2 is 2.00 bits per heavy atom. The van der Waals surface area contributed by atoms with E-state index in [1.165, 1.54) is 0 Å². The molecule has 0 bridgehead atoms. The van der Waals surface area contributed by atoms with Gasteiger partial charge in [-0.25, -0.2) is 4.79 Å². The monoisotopic (exact) mass is 356 g/mol. The molecule has 1 aliphatic rings. The molecule has 1 aromatic carbocycles. The summed E-state index contributed by atoms with van der Waals surface area (Å²) in [6.45, 7) is 4.08. The van der Waals surface area contributed by atoms with Crippen molar-refractivity contribution in [3.63, 3.8) is 0 Å². The van der Waals surface area contributed by atoms with Gasteiger partial charge in [0.05, 0.1) is 12.2 Å². The van der Waals surface area contributed by atoms with Crippen LogP contribution in [0.25, 0.3) is 0 Å². The Morgan fingerprint density at radius 1 is 1.27 bits per heavy atom. The molecule has 2 N–H and O–H groups in total. The van der Waals surface area contributed by atoms with Crippen LogP contribution in [0.1, 0.15) is 35.7 Å². The molecule has 0 saturated carbocycles. The minimum Gasteiger partial charge on any atom is -0.462 e. The number of rotatable bonds is 6. The maximum Gasteiger partial charge on any atom is 0.338 e. The molecule has 26 heavy (non-hydrogen) atoms. The van der Waals surface area contributed by atoms with Crippen molar-refractivity contribution >= 4 is 11.9 Å². The van der Waals surface area contributed by atoms with E-state index in [4.69, 9.17) is 4.74 Å². The maximum atomic E-state index is 13.0. The van der Waals surface area contributed by atoms with Gasteiger partial charge in [-0.1, -0.05) is 12.1 Å². The summed E-state index contributed by atoms with van der Waals surface area (Å²) in [6, 6.07) is 8.93. The van der Waals surface area contributed by atoms with Gasteiger partial charge >= 0.3 is 5.97 Å². The van der Waals surface area contributed by atoms with Crippen LogP contribution in [0.3, 0.4) is 0 Å². The molecule has 2 heterocycles.